The lowest BCUT2D eigenvalue weighted by Gasteiger charge is -2.29. The number of H-pyrrole nitrogens is 1. The van der Waals surface area contributed by atoms with Gasteiger partial charge in [0.15, 0.2) is 5.69 Å². The van der Waals surface area contributed by atoms with Gasteiger partial charge >= 0.3 is 0 Å². The molecule has 1 saturated heterocycles. The first-order valence-corrected chi connectivity index (χ1v) is 9.95. The maximum absolute atomic E-state index is 12.7. The Hall–Kier alpha value is -3.49. The zero-order valence-corrected chi connectivity index (χ0v) is 16.8. The lowest BCUT2D eigenvalue weighted by atomic mass is 10.0. The Kier molecular flexibility index (Phi) is 5.11. The number of nitrogens with one attached hydrogen (secondary N) is 3. The molecule has 3 heterocycles. The third kappa shape index (κ3) is 3.83. The van der Waals surface area contributed by atoms with E-state index in [1.165, 1.54) is 4.90 Å². The number of nitrogens with zero attached hydrogens (tertiary/aromatic N) is 2. The van der Waals surface area contributed by atoms with E-state index in [4.69, 9.17) is 0 Å². The Balaban J connectivity index is 1.46. The molecule has 0 aliphatic carbocycles. The average molecular weight is 409 g/mol. The van der Waals surface area contributed by atoms with E-state index in [1.54, 1.807) is 24.3 Å². The number of carbonyl (C=O) groups is 4. The van der Waals surface area contributed by atoms with Crippen LogP contribution in [0.2, 0.25) is 0 Å². The van der Waals surface area contributed by atoms with Crippen molar-refractivity contribution in [2.24, 2.45) is 5.92 Å². The molecule has 1 atom stereocenters. The van der Waals surface area contributed by atoms with Crippen LogP contribution in [-0.4, -0.2) is 44.8 Å². The van der Waals surface area contributed by atoms with E-state index in [0.717, 1.165) is 17.7 Å². The molecule has 0 radical (unpaired) electrons. The van der Waals surface area contributed by atoms with Gasteiger partial charge in [0.2, 0.25) is 11.8 Å². The highest BCUT2D eigenvalue weighted by Gasteiger charge is 2.39. The number of benzene rings is 1. The van der Waals surface area contributed by atoms with Crippen LogP contribution in [-0.2, 0) is 22.6 Å². The van der Waals surface area contributed by atoms with E-state index >= 15 is 0 Å². The molecular weight excluding hydrogens is 386 g/mol. The second-order valence-corrected chi connectivity index (χ2v) is 8.10. The summed E-state index contributed by atoms with van der Waals surface area (Å²) < 4.78 is 0. The highest BCUT2D eigenvalue weighted by molar-refractivity contribution is 6.06. The van der Waals surface area contributed by atoms with Crippen molar-refractivity contribution in [3.8, 4) is 0 Å². The fraction of sp³-hybridized carbons (Fsp3) is 0.381. The van der Waals surface area contributed by atoms with Crippen molar-refractivity contribution in [2.45, 2.75) is 45.7 Å². The summed E-state index contributed by atoms with van der Waals surface area (Å²) in [5, 5.41) is 12.0. The van der Waals surface area contributed by atoms with E-state index in [0.29, 0.717) is 29.3 Å². The first kappa shape index (κ1) is 19.8. The number of aromatic nitrogens is 2. The summed E-state index contributed by atoms with van der Waals surface area (Å²) in [6, 6.07) is 6.11. The lowest BCUT2D eigenvalue weighted by Crippen LogP contribution is -2.52. The normalized spacial score (nSPS) is 18.6. The molecule has 0 bridgehead atoms. The highest BCUT2D eigenvalue weighted by Crippen LogP contribution is 2.29. The van der Waals surface area contributed by atoms with Crippen LogP contribution in [0.5, 0.6) is 0 Å². The number of hydrogen-bond donors (Lipinski definition) is 3. The molecule has 2 aliphatic rings. The van der Waals surface area contributed by atoms with Crippen LogP contribution in [0.25, 0.3) is 0 Å². The average Bonchev–Trinajstić information content (AvgIpc) is 3.26. The molecule has 1 aromatic carbocycles. The summed E-state index contributed by atoms with van der Waals surface area (Å²) in [7, 11) is 0. The molecule has 1 aromatic heterocycles. The Morgan fingerprint density at radius 1 is 1.27 bits per heavy atom. The van der Waals surface area contributed by atoms with E-state index in [9.17, 15) is 19.2 Å². The maximum Gasteiger partial charge on any atom is 0.276 e. The second-order valence-electron chi connectivity index (χ2n) is 8.10. The van der Waals surface area contributed by atoms with Crippen LogP contribution in [0.4, 0.5) is 5.69 Å². The van der Waals surface area contributed by atoms with Crippen molar-refractivity contribution in [3.63, 3.8) is 0 Å². The van der Waals surface area contributed by atoms with Gasteiger partial charge in [-0.05, 0) is 48.6 Å². The third-order valence-corrected chi connectivity index (χ3v) is 5.27. The predicted octanol–water partition coefficient (Wildman–Crippen LogP) is 1.62. The van der Waals surface area contributed by atoms with Gasteiger partial charge in [0, 0.05) is 29.9 Å². The molecule has 4 rings (SSSR count). The van der Waals surface area contributed by atoms with Crippen LogP contribution in [0.1, 0.15) is 58.8 Å². The largest absolute Gasteiger partial charge is 0.322 e. The Morgan fingerprint density at radius 3 is 2.80 bits per heavy atom. The van der Waals surface area contributed by atoms with Gasteiger partial charge in [-0.15, -0.1) is 0 Å². The fourth-order valence-electron chi connectivity index (χ4n) is 3.87. The number of imide groups is 1. The molecule has 2 aliphatic heterocycles. The summed E-state index contributed by atoms with van der Waals surface area (Å²) in [6.45, 7) is 4.43. The van der Waals surface area contributed by atoms with Gasteiger partial charge in [-0.3, -0.25) is 29.6 Å². The summed E-state index contributed by atoms with van der Waals surface area (Å²) in [5.41, 5.74) is 2.97. The van der Waals surface area contributed by atoms with E-state index in [1.807, 2.05) is 0 Å². The minimum absolute atomic E-state index is 0.209. The summed E-state index contributed by atoms with van der Waals surface area (Å²) in [5.74, 6) is -0.907. The molecular formula is C21H23N5O4. The van der Waals surface area contributed by atoms with Crippen molar-refractivity contribution in [3.05, 3.63) is 46.8 Å². The summed E-state index contributed by atoms with van der Waals surface area (Å²) >= 11 is 0. The molecule has 156 valence electrons. The molecule has 30 heavy (non-hydrogen) atoms. The molecule has 0 spiro atoms. The number of anilines is 1. The quantitative estimate of drug-likeness (QED) is 0.648. The Labute approximate surface area is 173 Å². The third-order valence-electron chi connectivity index (χ3n) is 5.27. The van der Waals surface area contributed by atoms with Gasteiger partial charge in [0.1, 0.15) is 6.04 Å². The second kappa shape index (κ2) is 7.74. The molecule has 9 heteroatoms. The predicted molar refractivity (Wildman–Crippen MR) is 108 cm³/mol. The SMILES string of the molecule is CC(C)Cc1cc(C(=O)Nc2ccc3c(c2)CN(C2CCC(=O)NC2=O)C3=O)n[nH]1. The van der Waals surface area contributed by atoms with E-state index < -0.39 is 11.9 Å². The van der Waals surface area contributed by atoms with Gasteiger partial charge in [-0.25, -0.2) is 0 Å². The van der Waals surface area contributed by atoms with Gasteiger partial charge in [-0.2, -0.15) is 5.10 Å². The maximum atomic E-state index is 12.7. The van der Waals surface area contributed by atoms with Crippen LogP contribution in [0.3, 0.4) is 0 Å². The Bertz CT molecular complexity index is 1040. The van der Waals surface area contributed by atoms with E-state index in [-0.39, 0.29) is 30.7 Å². The van der Waals surface area contributed by atoms with Crippen molar-refractivity contribution < 1.29 is 19.2 Å². The molecule has 3 N–H and O–H groups in total. The number of aromatic amines is 1. The molecule has 0 saturated carbocycles. The lowest BCUT2D eigenvalue weighted by molar-refractivity contribution is -0.136. The van der Waals surface area contributed by atoms with Gasteiger partial charge in [0.05, 0.1) is 0 Å². The highest BCUT2D eigenvalue weighted by atomic mass is 16.2. The van der Waals surface area contributed by atoms with Gasteiger partial charge in [0.25, 0.3) is 11.8 Å². The molecule has 9 nitrogen and oxygen atoms in total. The van der Waals surface area contributed by atoms with Crippen molar-refractivity contribution >= 4 is 29.3 Å². The van der Waals surface area contributed by atoms with Crippen LogP contribution < -0.4 is 10.6 Å². The van der Waals surface area contributed by atoms with Gasteiger partial charge < -0.3 is 10.2 Å². The van der Waals surface area contributed by atoms with Crippen LogP contribution in [0.15, 0.2) is 24.3 Å². The van der Waals surface area contributed by atoms with Crippen LogP contribution in [0, 0.1) is 5.92 Å². The zero-order chi connectivity index (χ0) is 21.4. The minimum atomic E-state index is -0.663. The number of piperidine rings is 1. The number of hydrogen-bond acceptors (Lipinski definition) is 5. The monoisotopic (exact) mass is 409 g/mol. The van der Waals surface area contributed by atoms with Gasteiger partial charge in [-0.1, -0.05) is 13.8 Å². The smallest absolute Gasteiger partial charge is 0.276 e. The summed E-state index contributed by atoms with van der Waals surface area (Å²) in [6.07, 6.45) is 1.32. The van der Waals surface area contributed by atoms with Crippen molar-refractivity contribution in [1.29, 1.82) is 0 Å². The molecule has 1 fully saturated rings. The number of carbonyl (C=O) groups excluding carboxylic acids is 4. The number of amides is 4. The number of fused-ring (bicyclic) bond motifs is 1. The van der Waals surface area contributed by atoms with Crippen LogP contribution >= 0.6 is 0 Å². The molecule has 2 aromatic rings. The standard InChI is InChI=1S/C21H23N5O4/c1-11(2)7-14-9-16(25-24-14)19(28)22-13-3-4-15-12(8-13)10-26(21(15)30)17-5-6-18(27)23-20(17)29/h3-4,8-9,11,17H,5-7,10H2,1-2H3,(H,22,28)(H,24,25)(H,23,27,29). The fourth-order valence-corrected chi connectivity index (χ4v) is 3.87. The zero-order valence-electron chi connectivity index (χ0n) is 16.8. The molecule has 1 unspecified atom stereocenters. The Morgan fingerprint density at radius 2 is 2.07 bits per heavy atom. The van der Waals surface area contributed by atoms with Crippen molar-refractivity contribution in [2.75, 3.05) is 5.32 Å². The molecule has 4 amide bonds. The summed E-state index contributed by atoms with van der Waals surface area (Å²) in [4.78, 5) is 50.2. The number of rotatable bonds is 5. The topological polar surface area (TPSA) is 124 Å². The first-order valence-electron chi connectivity index (χ1n) is 9.95. The minimum Gasteiger partial charge on any atom is -0.322 e. The van der Waals surface area contributed by atoms with Crippen molar-refractivity contribution in [1.82, 2.24) is 20.4 Å². The first-order chi connectivity index (χ1) is 14.3. The van der Waals surface area contributed by atoms with E-state index in [2.05, 4.69) is 34.7 Å².